The summed E-state index contributed by atoms with van der Waals surface area (Å²) in [6.07, 6.45) is 5.71. The summed E-state index contributed by atoms with van der Waals surface area (Å²) in [5, 5.41) is 0.527. The molecule has 1 aromatic carbocycles. The third-order valence-corrected chi connectivity index (χ3v) is 6.09. The van der Waals surface area contributed by atoms with Gasteiger partial charge in [-0.1, -0.05) is 11.6 Å². The van der Waals surface area contributed by atoms with Gasteiger partial charge in [-0.3, -0.25) is 9.36 Å². The van der Waals surface area contributed by atoms with Crippen LogP contribution in [-0.2, 0) is 18.4 Å². The molecule has 1 fully saturated rings. The molecule has 26 heavy (non-hydrogen) atoms. The Labute approximate surface area is 158 Å². The third-order valence-electron chi connectivity index (χ3n) is 5.53. The molecule has 5 nitrogen and oxygen atoms in total. The van der Waals surface area contributed by atoms with Crippen molar-refractivity contribution in [3.63, 3.8) is 0 Å². The molecule has 0 amide bonds. The van der Waals surface area contributed by atoms with Crippen LogP contribution in [0.3, 0.4) is 0 Å². The molecular formula is C18H14ClFN4OS. The van der Waals surface area contributed by atoms with Crippen LogP contribution in [0.4, 0.5) is 4.39 Å². The monoisotopic (exact) mass is 388 g/mol. The smallest absolute Gasteiger partial charge is 0.237 e. The molecule has 3 aromatic rings. The van der Waals surface area contributed by atoms with Crippen LogP contribution >= 0.6 is 23.8 Å². The molecule has 2 aromatic heterocycles. The highest BCUT2D eigenvalue weighted by atomic mass is 35.5. The van der Waals surface area contributed by atoms with Crippen LogP contribution in [0.2, 0.25) is 5.02 Å². The van der Waals surface area contributed by atoms with Gasteiger partial charge in [-0.15, -0.1) is 0 Å². The fourth-order valence-electron chi connectivity index (χ4n) is 4.25. The molecule has 0 bridgehead atoms. The van der Waals surface area contributed by atoms with Crippen LogP contribution in [0.25, 0.3) is 0 Å². The van der Waals surface area contributed by atoms with Gasteiger partial charge in [-0.05, 0) is 42.4 Å². The van der Waals surface area contributed by atoms with Gasteiger partial charge < -0.3 is 9.55 Å². The van der Waals surface area contributed by atoms with E-state index in [-0.39, 0.29) is 29.5 Å². The van der Waals surface area contributed by atoms with Gasteiger partial charge in [-0.25, -0.2) is 9.37 Å². The molecule has 132 valence electrons. The van der Waals surface area contributed by atoms with Gasteiger partial charge in [0.05, 0.1) is 6.42 Å². The van der Waals surface area contributed by atoms with E-state index in [0.29, 0.717) is 21.9 Å². The molecule has 0 radical (unpaired) electrons. The first-order chi connectivity index (χ1) is 12.5. The quantitative estimate of drug-likeness (QED) is 0.693. The Morgan fingerprint density at radius 3 is 3.12 bits per heavy atom. The summed E-state index contributed by atoms with van der Waals surface area (Å²) in [7, 11) is 0. The molecule has 1 N–H and O–H groups in total. The van der Waals surface area contributed by atoms with E-state index >= 15 is 0 Å². The maximum absolute atomic E-state index is 14.5. The lowest BCUT2D eigenvalue weighted by Crippen LogP contribution is -2.14. The number of carbonyl (C=O) groups is 1. The Morgan fingerprint density at radius 2 is 2.35 bits per heavy atom. The van der Waals surface area contributed by atoms with Crippen LogP contribution in [0.15, 0.2) is 36.9 Å². The first-order valence-corrected chi connectivity index (χ1v) is 9.06. The highest BCUT2D eigenvalue weighted by molar-refractivity contribution is 7.71. The van der Waals surface area contributed by atoms with Crippen molar-refractivity contribution in [2.45, 2.75) is 30.7 Å². The van der Waals surface area contributed by atoms with Crippen molar-refractivity contribution in [3.8, 4) is 0 Å². The molecule has 3 heterocycles. The van der Waals surface area contributed by atoms with Crippen molar-refractivity contribution in [1.29, 1.82) is 0 Å². The van der Waals surface area contributed by atoms with E-state index < -0.39 is 0 Å². The number of rotatable bonds is 3. The fraction of sp³-hybridized carbons (Fsp3) is 0.278. The van der Waals surface area contributed by atoms with Gasteiger partial charge >= 0.3 is 0 Å². The van der Waals surface area contributed by atoms with Crippen molar-refractivity contribution in [1.82, 2.24) is 19.1 Å². The minimum absolute atomic E-state index is 0.0887. The normalized spacial score (nSPS) is 22.9. The molecule has 2 aliphatic rings. The largest absolute Gasteiger partial charge is 0.334 e. The number of halogens is 2. The summed E-state index contributed by atoms with van der Waals surface area (Å²) in [5.74, 6) is -0.183. The molecule has 8 heteroatoms. The second-order valence-electron chi connectivity index (χ2n) is 6.96. The Hall–Kier alpha value is -2.25. The Morgan fingerprint density at radius 1 is 1.50 bits per heavy atom. The number of hydrogen-bond donors (Lipinski definition) is 1. The van der Waals surface area contributed by atoms with E-state index in [1.807, 2.05) is 4.57 Å². The minimum atomic E-state index is -0.306. The van der Waals surface area contributed by atoms with Crippen molar-refractivity contribution in [2.75, 3.05) is 0 Å². The van der Waals surface area contributed by atoms with E-state index in [1.165, 1.54) is 17.0 Å². The van der Waals surface area contributed by atoms with E-state index in [1.54, 1.807) is 24.5 Å². The molecule has 1 saturated carbocycles. The number of nitrogens with zero attached hydrogens (tertiary/aromatic N) is 3. The van der Waals surface area contributed by atoms with Crippen LogP contribution in [0, 0.1) is 10.6 Å². The summed E-state index contributed by atoms with van der Waals surface area (Å²) in [6.45, 7) is 0.610. The number of benzene rings is 1. The van der Waals surface area contributed by atoms with Crippen LogP contribution in [0.1, 0.15) is 34.1 Å². The first kappa shape index (κ1) is 16.0. The van der Waals surface area contributed by atoms with Crippen LogP contribution < -0.4 is 0 Å². The van der Waals surface area contributed by atoms with Crippen molar-refractivity contribution >= 4 is 29.7 Å². The minimum Gasteiger partial charge on any atom is -0.334 e. The van der Waals surface area contributed by atoms with Crippen molar-refractivity contribution in [2.24, 2.45) is 0 Å². The van der Waals surface area contributed by atoms with Gasteiger partial charge in [0.15, 0.2) is 4.77 Å². The fourth-order valence-corrected chi connectivity index (χ4v) is 4.71. The second kappa shape index (κ2) is 5.37. The number of aromatic nitrogens is 4. The SMILES string of the molecule is O=C(Cc1[nH]c(=S)n2c1[C@@H]1C[C@]1(c1cc(Cl)ccc1F)C2)n1ccnc1. The molecular weight excluding hydrogens is 375 g/mol. The average molecular weight is 389 g/mol. The molecule has 5 rings (SSSR count). The molecule has 1 aliphatic heterocycles. The highest BCUT2D eigenvalue weighted by Crippen LogP contribution is 2.66. The zero-order valence-corrected chi connectivity index (χ0v) is 15.1. The zero-order chi connectivity index (χ0) is 18.1. The van der Waals surface area contributed by atoms with Gasteiger partial charge in [0.1, 0.15) is 12.1 Å². The predicted octanol–water partition coefficient (Wildman–Crippen LogP) is 3.86. The first-order valence-electron chi connectivity index (χ1n) is 8.28. The summed E-state index contributed by atoms with van der Waals surface area (Å²) in [6, 6.07) is 4.69. The van der Waals surface area contributed by atoms with Gasteiger partial charge in [-0.2, -0.15) is 0 Å². The number of nitrogens with one attached hydrogen (secondary N) is 1. The number of aromatic amines is 1. The molecule has 0 unspecified atom stereocenters. The van der Waals surface area contributed by atoms with E-state index in [9.17, 15) is 9.18 Å². The summed E-state index contributed by atoms with van der Waals surface area (Å²) >= 11 is 11.5. The van der Waals surface area contributed by atoms with Gasteiger partial charge in [0.2, 0.25) is 5.91 Å². The maximum atomic E-state index is 14.5. The molecule has 2 atom stereocenters. The number of imidazole rings is 2. The lowest BCUT2D eigenvalue weighted by atomic mass is 9.93. The summed E-state index contributed by atoms with van der Waals surface area (Å²) in [4.78, 5) is 19.5. The third kappa shape index (κ3) is 2.17. The second-order valence-corrected chi connectivity index (χ2v) is 7.78. The number of H-pyrrole nitrogens is 1. The summed E-state index contributed by atoms with van der Waals surface area (Å²) < 4.78 is 18.5. The lowest BCUT2D eigenvalue weighted by molar-refractivity contribution is 0.0912. The highest BCUT2D eigenvalue weighted by Gasteiger charge is 2.63. The van der Waals surface area contributed by atoms with Gasteiger partial charge in [0, 0.05) is 46.7 Å². The topological polar surface area (TPSA) is 55.6 Å². The van der Waals surface area contributed by atoms with E-state index in [0.717, 1.165) is 17.8 Å². The van der Waals surface area contributed by atoms with Crippen molar-refractivity contribution in [3.05, 3.63) is 69.5 Å². The number of carbonyl (C=O) groups excluding carboxylic acids is 1. The van der Waals surface area contributed by atoms with Crippen molar-refractivity contribution < 1.29 is 9.18 Å². The Kier molecular flexibility index (Phi) is 3.30. The van der Waals surface area contributed by atoms with Crippen LogP contribution in [0.5, 0.6) is 0 Å². The molecule has 0 saturated heterocycles. The lowest BCUT2D eigenvalue weighted by Gasteiger charge is -2.14. The van der Waals surface area contributed by atoms with E-state index in [2.05, 4.69) is 9.97 Å². The Balaban J connectivity index is 1.52. The van der Waals surface area contributed by atoms with Crippen LogP contribution in [-0.4, -0.2) is 25.0 Å². The van der Waals surface area contributed by atoms with Gasteiger partial charge in [0.25, 0.3) is 0 Å². The molecule has 0 spiro atoms. The predicted molar refractivity (Wildman–Crippen MR) is 96.6 cm³/mol. The average Bonchev–Trinajstić information content (AvgIpc) is 2.99. The zero-order valence-electron chi connectivity index (χ0n) is 13.6. The Bertz CT molecular complexity index is 1100. The number of fused-ring (bicyclic) bond motifs is 3. The standard InChI is InChI=1S/C18H14ClFN4OS/c19-10-1-2-13(20)11(5-10)18-7-12(18)16-14(22-17(26)24(16)8-18)6-15(25)23-4-3-21-9-23/h1-5,9,12H,6-8H2,(H,22,26)/t12-,18+/m0/s1. The number of hydrogen-bond acceptors (Lipinski definition) is 3. The molecule has 1 aliphatic carbocycles. The maximum Gasteiger partial charge on any atom is 0.237 e. The summed E-state index contributed by atoms with van der Waals surface area (Å²) in [5.41, 5.74) is 2.16. The van der Waals surface area contributed by atoms with E-state index in [4.69, 9.17) is 23.8 Å².